The summed E-state index contributed by atoms with van der Waals surface area (Å²) in [6.45, 7) is 1.57. The van der Waals surface area contributed by atoms with Gasteiger partial charge in [0.15, 0.2) is 0 Å². The van der Waals surface area contributed by atoms with Crippen LogP contribution in [-0.4, -0.2) is 15.6 Å². The van der Waals surface area contributed by atoms with E-state index in [1.165, 1.54) is 0 Å². The molecule has 0 fully saturated rings. The lowest BCUT2D eigenvalue weighted by Crippen LogP contribution is -2.10. The number of nitrogens with one attached hydrogen (secondary N) is 1. The Bertz CT molecular complexity index is 341. The molecule has 0 saturated carbocycles. The first-order valence-electron chi connectivity index (χ1n) is 3.81. The predicted molar refractivity (Wildman–Crippen MR) is 42.9 cm³/mol. The van der Waals surface area contributed by atoms with Crippen LogP contribution in [0.2, 0.25) is 0 Å². The van der Waals surface area contributed by atoms with E-state index in [2.05, 4.69) is 5.32 Å². The van der Waals surface area contributed by atoms with Crippen molar-refractivity contribution in [3.8, 4) is 0 Å². The second-order valence-corrected chi connectivity index (χ2v) is 2.97. The Morgan fingerprint density at radius 3 is 3.00 bits per heavy atom. The molecule has 0 aromatic carbocycles. The molecule has 12 heavy (non-hydrogen) atoms. The van der Waals surface area contributed by atoms with Crippen LogP contribution in [0, 0.1) is 0 Å². The van der Waals surface area contributed by atoms with Crippen LogP contribution >= 0.6 is 0 Å². The van der Waals surface area contributed by atoms with E-state index in [4.69, 9.17) is 5.11 Å². The predicted octanol–water partition coefficient (Wildman–Crippen LogP) is 0.326. The molecule has 0 bridgehead atoms. The normalized spacial score (nSPS) is 14.8. The van der Waals surface area contributed by atoms with Crippen molar-refractivity contribution in [2.45, 2.75) is 13.1 Å². The number of hydrogen-bond acceptors (Lipinski definition) is 2. The summed E-state index contributed by atoms with van der Waals surface area (Å²) in [6.07, 6.45) is 0. The number of carboxylic acids is 1. The summed E-state index contributed by atoms with van der Waals surface area (Å²) in [5.41, 5.74) is 2.57. The highest BCUT2D eigenvalue weighted by atomic mass is 16.4. The quantitative estimate of drug-likeness (QED) is 0.632. The summed E-state index contributed by atoms with van der Waals surface area (Å²) in [5.74, 6) is -0.855. The number of hydrogen-bond donors (Lipinski definition) is 2. The largest absolute Gasteiger partial charge is 0.477 e. The van der Waals surface area contributed by atoms with Crippen molar-refractivity contribution in [1.82, 2.24) is 9.88 Å². The molecule has 0 unspecified atom stereocenters. The zero-order valence-corrected chi connectivity index (χ0v) is 6.79. The molecule has 1 aromatic rings. The highest BCUT2D eigenvalue weighted by Gasteiger charge is 2.19. The molecule has 2 rings (SSSR count). The van der Waals surface area contributed by atoms with Gasteiger partial charge in [0.1, 0.15) is 5.69 Å². The van der Waals surface area contributed by atoms with Crippen LogP contribution in [-0.2, 0) is 20.1 Å². The smallest absolute Gasteiger partial charge is 0.352 e. The molecule has 0 spiro atoms. The van der Waals surface area contributed by atoms with Gasteiger partial charge in [-0.15, -0.1) is 0 Å². The van der Waals surface area contributed by atoms with Gasteiger partial charge >= 0.3 is 5.97 Å². The van der Waals surface area contributed by atoms with Crippen LogP contribution in [0.3, 0.4) is 0 Å². The lowest BCUT2D eigenvalue weighted by Gasteiger charge is -2.00. The molecule has 1 aliphatic heterocycles. The van der Waals surface area contributed by atoms with Crippen molar-refractivity contribution in [2.75, 3.05) is 0 Å². The van der Waals surface area contributed by atoms with Gasteiger partial charge in [-0.2, -0.15) is 0 Å². The fraction of sp³-hybridized carbons (Fsp3) is 0.375. The SMILES string of the molecule is Cn1c(C(=O)O)cc2c1CNC2. The number of carboxylic acid groups (broad SMARTS) is 1. The summed E-state index contributed by atoms with van der Waals surface area (Å²) >= 11 is 0. The lowest BCUT2D eigenvalue weighted by atomic mass is 10.3. The Balaban J connectivity index is 2.54. The molecular weight excluding hydrogens is 156 g/mol. The van der Waals surface area contributed by atoms with Crippen LogP contribution in [0.5, 0.6) is 0 Å². The lowest BCUT2D eigenvalue weighted by molar-refractivity contribution is 0.0686. The van der Waals surface area contributed by atoms with E-state index in [9.17, 15) is 4.79 Å². The van der Waals surface area contributed by atoms with E-state index >= 15 is 0 Å². The molecule has 0 amide bonds. The molecule has 0 saturated heterocycles. The summed E-state index contributed by atoms with van der Waals surface area (Å²) < 4.78 is 1.73. The Hall–Kier alpha value is -1.29. The molecule has 1 aliphatic rings. The van der Waals surface area contributed by atoms with Crippen LogP contribution in [0.1, 0.15) is 21.7 Å². The maximum absolute atomic E-state index is 10.7. The molecular formula is C8H10N2O2. The van der Waals surface area contributed by atoms with Crippen LogP contribution in [0.25, 0.3) is 0 Å². The van der Waals surface area contributed by atoms with Gasteiger partial charge in [-0.25, -0.2) is 4.79 Å². The number of fused-ring (bicyclic) bond motifs is 1. The van der Waals surface area contributed by atoms with Crippen molar-refractivity contribution in [3.63, 3.8) is 0 Å². The first-order valence-corrected chi connectivity index (χ1v) is 3.81. The fourth-order valence-electron chi connectivity index (χ4n) is 1.61. The molecule has 0 aliphatic carbocycles. The van der Waals surface area contributed by atoms with E-state index in [1.807, 2.05) is 0 Å². The van der Waals surface area contributed by atoms with Gasteiger partial charge in [-0.3, -0.25) is 0 Å². The Morgan fingerprint density at radius 2 is 2.42 bits per heavy atom. The third-order valence-electron chi connectivity index (χ3n) is 2.27. The van der Waals surface area contributed by atoms with Gasteiger partial charge in [0.25, 0.3) is 0 Å². The second kappa shape index (κ2) is 2.35. The van der Waals surface area contributed by atoms with Crippen LogP contribution < -0.4 is 5.32 Å². The minimum absolute atomic E-state index is 0.376. The van der Waals surface area contributed by atoms with Crippen molar-refractivity contribution in [3.05, 3.63) is 23.0 Å². The first-order chi connectivity index (χ1) is 5.70. The monoisotopic (exact) mass is 166 g/mol. The van der Waals surface area contributed by atoms with Crippen molar-refractivity contribution < 1.29 is 9.90 Å². The van der Waals surface area contributed by atoms with Gasteiger partial charge in [0.2, 0.25) is 0 Å². The fourth-order valence-corrected chi connectivity index (χ4v) is 1.61. The minimum atomic E-state index is -0.855. The van der Waals surface area contributed by atoms with Crippen molar-refractivity contribution in [2.24, 2.45) is 7.05 Å². The van der Waals surface area contributed by atoms with Crippen LogP contribution in [0.4, 0.5) is 0 Å². The Labute approximate surface area is 69.8 Å². The van der Waals surface area contributed by atoms with E-state index in [-0.39, 0.29) is 0 Å². The van der Waals surface area contributed by atoms with E-state index in [0.717, 1.165) is 24.3 Å². The minimum Gasteiger partial charge on any atom is -0.477 e. The molecule has 1 aromatic heterocycles. The third kappa shape index (κ3) is 0.848. The molecule has 2 heterocycles. The maximum atomic E-state index is 10.7. The summed E-state index contributed by atoms with van der Waals surface area (Å²) in [5, 5.41) is 11.9. The second-order valence-electron chi connectivity index (χ2n) is 2.97. The number of aromatic nitrogens is 1. The van der Waals surface area contributed by atoms with Gasteiger partial charge in [0, 0.05) is 25.8 Å². The molecule has 64 valence electrons. The zero-order chi connectivity index (χ0) is 8.72. The average molecular weight is 166 g/mol. The van der Waals surface area contributed by atoms with Gasteiger partial charge in [-0.1, -0.05) is 0 Å². The maximum Gasteiger partial charge on any atom is 0.352 e. The number of rotatable bonds is 1. The Kier molecular flexibility index (Phi) is 1.44. The van der Waals surface area contributed by atoms with Gasteiger partial charge in [-0.05, 0) is 11.6 Å². The summed E-state index contributed by atoms with van der Waals surface area (Å²) in [7, 11) is 1.79. The molecule has 4 heteroatoms. The van der Waals surface area contributed by atoms with Gasteiger partial charge in [0.05, 0.1) is 0 Å². The Morgan fingerprint density at radius 1 is 1.67 bits per heavy atom. The summed E-state index contributed by atoms with van der Waals surface area (Å²) in [4.78, 5) is 10.7. The highest BCUT2D eigenvalue weighted by molar-refractivity contribution is 5.86. The highest BCUT2D eigenvalue weighted by Crippen LogP contribution is 2.19. The number of nitrogens with zero attached hydrogens (tertiary/aromatic N) is 1. The first kappa shape index (κ1) is 7.36. The molecule has 0 atom stereocenters. The van der Waals surface area contributed by atoms with Crippen LogP contribution in [0.15, 0.2) is 6.07 Å². The third-order valence-corrected chi connectivity index (χ3v) is 2.27. The van der Waals surface area contributed by atoms with Crippen molar-refractivity contribution >= 4 is 5.97 Å². The molecule has 0 radical (unpaired) electrons. The average Bonchev–Trinajstić information content (AvgIpc) is 2.53. The van der Waals surface area contributed by atoms with Gasteiger partial charge < -0.3 is 15.0 Å². The molecule has 4 nitrogen and oxygen atoms in total. The molecule has 2 N–H and O–H groups in total. The number of aromatic carboxylic acids is 1. The van der Waals surface area contributed by atoms with E-state index < -0.39 is 5.97 Å². The van der Waals surface area contributed by atoms with E-state index in [0.29, 0.717) is 5.69 Å². The standard InChI is InChI=1S/C8H10N2O2/c1-10-6(8(11)12)2-5-3-9-4-7(5)10/h2,9H,3-4H2,1H3,(H,11,12). The van der Waals surface area contributed by atoms with E-state index in [1.54, 1.807) is 17.7 Å². The van der Waals surface area contributed by atoms with Crippen molar-refractivity contribution in [1.29, 1.82) is 0 Å². The zero-order valence-electron chi connectivity index (χ0n) is 6.79. The number of carbonyl (C=O) groups is 1. The topological polar surface area (TPSA) is 54.3 Å². The summed E-state index contributed by atoms with van der Waals surface area (Å²) in [6, 6.07) is 1.73.